The second-order valence-corrected chi connectivity index (χ2v) is 4.56. The standard InChI is InChI=1S/C16H13FN2O3/c1-21-16(20)13-6-4-8-15-18-9-11(19(13)15)10-22-14-7-3-2-5-12(14)17/h2-9H,10H2,1H3. The molecule has 0 bridgehead atoms. The van der Waals surface area contributed by atoms with Gasteiger partial charge in [-0.3, -0.25) is 4.40 Å². The highest BCUT2D eigenvalue weighted by molar-refractivity contribution is 5.88. The number of rotatable bonds is 4. The molecule has 0 saturated carbocycles. The zero-order valence-corrected chi connectivity index (χ0v) is 11.8. The number of carbonyl (C=O) groups is 1. The number of ether oxygens (including phenoxy) is 2. The first-order valence-corrected chi connectivity index (χ1v) is 6.61. The van der Waals surface area contributed by atoms with E-state index in [1.54, 1.807) is 47.0 Å². The van der Waals surface area contributed by atoms with E-state index in [4.69, 9.17) is 9.47 Å². The molecule has 112 valence electrons. The van der Waals surface area contributed by atoms with E-state index in [1.165, 1.54) is 13.2 Å². The Kier molecular flexibility index (Phi) is 3.74. The van der Waals surface area contributed by atoms with Crippen LogP contribution in [0.15, 0.2) is 48.7 Å². The predicted molar refractivity (Wildman–Crippen MR) is 77.3 cm³/mol. The maximum atomic E-state index is 13.6. The number of fused-ring (bicyclic) bond motifs is 1. The second-order valence-electron chi connectivity index (χ2n) is 4.56. The van der Waals surface area contributed by atoms with Gasteiger partial charge in [-0.25, -0.2) is 14.2 Å². The molecule has 2 aromatic heterocycles. The summed E-state index contributed by atoms with van der Waals surface area (Å²) in [5.41, 5.74) is 1.55. The third-order valence-corrected chi connectivity index (χ3v) is 3.21. The number of hydrogen-bond donors (Lipinski definition) is 0. The lowest BCUT2D eigenvalue weighted by atomic mass is 10.3. The Balaban J connectivity index is 1.94. The van der Waals surface area contributed by atoms with Crippen molar-refractivity contribution in [3.05, 3.63) is 65.9 Å². The average molecular weight is 300 g/mol. The topological polar surface area (TPSA) is 52.8 Å². The first-order chi connectivity index (χ1) is 10.7. The van der Waals surface area contributed by atoms with Gasteiger partial charge in [0.15, 0.2) is 11.6 Å². The van der Waals surface area contributed by atoms with Gasteiger partial charge >= 0.3 is 5.97 Å². The molecule has 0 fully saturated rings. The third kappa shape index (κ3) is 2.50. The van der Waals surface area contributed by atoms with E-state index in [1.807, 2.05) is 0 Å². The van der Waals surface area contributed by atoms with Crippen LogP contribution in [0.4, 0.5) is 4.39 Å². The molecule has 3 rings (SSSR count). The number of halogens is 1. The number of nitrogens with zero attached hydrogens (tertiary/aromatic N) is 2. The molecule has 0 saturated heterocycles. The molecule has 0 radical (unpaired) electrons. The van der Waals surface area contributed by atoms with Crippen LogP contribution in [0, 0.1) is 5.82 Å². The van der Waals surface area contributed by atoms with Gasteiger partial charge in [-0.1, -0.05) is 18.2 Å². The van der Waals surface area contributed by atoms with E-state index in [0.717, 1.165) is 0 Å². The zero-order valence-electron chi connectivity index (χ0n) is 11.8. The van der Waals surface area contributed by atoms with E-state index in [2.05, 4.69) is 4.98 Å². The quantitative estimate of drug-likeness (QED) is 0.695. The molecular formula is C16H13FN2O3. The highest BCUT2D eigenvalue weighted by Crippen LogP contribution is 2.18. The van der Waals surface area contributed by atoms with Crippen LogP contribution in [0.25, 0.3) is 5.65 Å². The molecule has 0 aliphatic rings. The number of methoxy groups -OCH3 is 1. The first kappa shape index (κ1) is 14.1. The number of carbonyl (C=O) groups excluding carboxylic acids is 1. The van der Waals surface area contributed by atoms with Crippen LogP contribution in [0.2, 0.25) is 0 Å². The number of aromatic nitrogens is 2. The minimum Gasteiger partial charge on any atom is -0.484 e. The van der Waals surface area contributed by atoms with Crippen LogP contribution in [-0.4, -0.2) is 22.5 Å². The summed E-state index contributed by atoms with van der Waals surface area (Å²) in [6.07, 6.45) is 1.59. The Morgan fingerprint density at radius 2 is 2.05 bits per heavy atom. The Morgan fingerprint density at radius 1 is 1.23 bits per heavy atom. The molecular weight excluding hydrogens is 287 g/mol. The van der Waals surface area contributed by atoms with Gasteiger partial charge in [0, 0.05) is 0 Å². The maximum absolute atomic E-state index is 13.6. The minimum absolute atomic E-state index is 0.0795. The maximum Gasteiger partial charge on any atom is 0.355 e. The Hall–Kier alpha value is -2.89. The third-order valence-electron chi connectivity index (χ3n) is 3.21. The lowest BCUT2D eigenvalue weighted by Gasteiger charge is -2.09. The average Bonchev–Trinajstić information content (AvgIpc) is 2.96. The van der Waals surface area contributed by atoms with Crippen molar-refractivity contribution in [2.45, 2.75) is 6.61 Å². The van der Waals surface area contributed by atoms with Crippen molar-refractivity contribution in [1.82, 2.24) is 9.38 Å². The molecule has 0 N–H and O–H groups in total. The van der Waals surface area contributed by atoms with Gasteiger partial charge in [0.05, 0.1) is 19.0 Å². The highest BCUT2D eigenvalue weighted by Gasteiger charge is 2.14. The summed E-state index contributed by atoms with van der Waals surface area (Å²) in [7, 11) is 1.31. The van der Waals surface area contributed by atoms with Gasteiger partial charge in [-0.2, -0.15) is 0 Å². The molecule has 3 aromatic rings. The summed E-state index contributed by atoms with van der Waals surface area (Å²) in [5, 5.41) is 0. The van der Waals surface area contributed by atoms with Crippen molar-refractivity contribution in [2.24, 2.45) is 0 Å². The summed E-state index contributed by atoms with van der Waals surface area (Å²) in [6, 6.07) is 11.3. The summed E-state index contributed by atoms with van der Waals surface area (Å²) >= 11 is 0. The van der Waals surface area contributed by atoms with E-state index in [-0.39, 0.29) is 12.4 Å². The van der Waals surface area contributed by atoms with E-state index in [9.17, 15) is 9.18 Å². The van der Waals surface area contributed by atoms with Gasteiger partial charge in [0.1, 0.15) is 17.9 Å². The molecule has 0 aliphatic heterocycles. The second kappa shape index (κ2) is 5.85. The first-order valence-electron chi connectivity index (χ1n) is 6.61. The number of para-hydroxylation sites is 1. The van der Waals surface area contributed by atoms with Crippen LogP contribution in [0.1, 0.15) is 16.2 Å². The van der Waals surface area contributed by atoms with E-state index < -0.39 is 11.8 Å². The molecule has 0 aliphatic carbocycles. The van der Waals surface area contributed by atoms with E-state index >= 15 is 0 Å². The predicted octanol–water partition coefficient (Wildman–Crippen LogP) is 2.84. The van der Waals surface area contributed by atoms with Crippen LogP contribution >= 0.6 is 0 Å². The van der Waals surface area contributed by atoms with Crippen LogP contribution in [-0.2, 0) is 11.3 Å². The fraction of sp³-hybridized carbons (Fsp3) is 0.125. The SMILES string of the molecule is COC(=O)c1cccc2ncc(COc3ccccc3F)n12. The Labute approximate surface area is 125 Å². The minimum atomic E-state index is -0.476. The van der Waals surface area contributed by atoms with Crippen molar-refractivity contribution < 1.29 is 18.7 Å². The van der Waals surface area contributed by atoms with Gasteiger partial charge in [-0.05, 0) is 24.3 Å². The van der Waals surface area contributed by atoms with Crippen molar-refractivity contribution in [2.75, 3.05) is 7.11 Å². The van der Waals surface area contributed by atoms with Crippen LogP contribution in [0.3, 0.4) is 0 Å². The lowest BCUT2D eigenvalue weighted by molar-refractivity contribution is 0.0591. The fourth-order valence-corrected chi connectivity index (χ4v) is 2.18. The fourth-order valence-electron chi connectivity index (χ4n) is 2.18. The molecule has 22 heavy (non-hydrogen) atoms. The Bertz CT molecular complexity index is 829. The molecule has 5 nitrogen and oxygen atoms in total. The van der Waals surface area contributed by atoms with Gasteiger partial charge in [0.25, 0.3) is 0 Å². The van der Waals surface area contributed by atoms with Gasteiger partial charge in [0.2, 0.25) is 0 Å². The number of esters is 1. The number of benzene rings is 1. The van der Waals surface area contributed by atoms with E-state index in [0.29, 0.717) is 17.0 Å². The largest absolute Gasteiger partial charge is 0.484 e. The highest BCUT2D eigenvalue weighted by atomic mass is 19.1. The monoisotopic (exact) mass is 300 g/mol. The smallest absolute Gasteiger partial charge is 0.355 e. The van der Waals surface area contributed by atoms with Crippen LogP contribution in [0.5, 0.6) is 5.75 Å². The lowest BCUT2D eigenvalue weighted by Crippen LogP contribution is -2.11. The molecule has 0 atom stereocenters. The number of pyridine rings is 1. The summed E-state index contributed by atoms with van der Waals surface area (Å²) < 4.78 is 25.4. The summed E-state index contributed by atoms with van der Waals surface area (Å²) in [4.78, 5) is 16.0. The van der Waals surface area contributed by atoms with Gasteiger partial charge in [-0.15, -0.1) is 0 Å². The molecule has 0 amide bonds. The zero-order chi connectivity index (χ0) is 15.5. The number of hydrogen-bond acceptors (Lipinski definition) is 4. The summed E-state index contributed by atoms with van der Waals surface area (Å²) in [6.45, 7) is 0.0795. The van der Waals surface area contributed by atoms with Gasteiger partial charge < -0.3 is 9.47 Å². The number of imidazole rings is 1. The molecule has 1 aromatic carbocycles. The molecule has 0 unspecified atom stereocenters. The molecule has 0 spiro atoms. The normalized spacial score (nSPS) is 10.6. The van der Waals surface area contributed by atoms with Crippen molar-refractivity contribution in [3.63, 3.8) is 0 Å². The van der Waals surface area contributed by atoms with Crippen molar-refractivity contribution in [1.29, 1.82) is 0 Å². The van der Waals surface area contributed by atoms with Crippen molar-refractivity contribution in [3.8, 4) is 5.75 Å². The molecule has 2 heterocycles. The summed E-state index contributed by atoms with van der Waals surface area (Å²) in [5.74, 6) is -0.770. The molecule has 6 heteroatoms. The Morgan fingerprint density at radius 3 is 2.82 bits per heavy atom. The van der Waals surface area contributed by atoms with Crippen LogP contribution < -0.4 is 4.74 Å². The van der Waals surface area contributed by atoms with Crippen molar-refractivity contribution >= 4 is 11.6 Å².